The maximum absolute atomic E-state index is 10.7. The number of benzene rings is 1. The number of hydrogen-bond donors (Lipinski definition) is 1. The quantitative estimate of drug-likeness (QED) is 0.404. The first-order valence-electron chi connectivity index (χ1n) is 5.56. The van der Waals surface area contributed by atoms with Crippen LogP contribution in [-0.4, -0.2) is 14.5 Å². The molecule has 1 unspecified atom stereocenters. The van der Waals surface area contributed by atoms with Crippen molar-refractivity contribution in [1.29, 1.82) is 0 Å². The zero-order valence-electron chi connectivity index (χ0n) is 10.5. The topological polar surface area (TPSA) is 70.2 Å². The summed E-state index contributed by atoms with van der Waals surface area (Å²) in [5, 5.41) is 10.7. The molecule has 0 radical (unpaired) electrons. The maximum atomic E-state index is 10.7. The van der Waals surface area contributed by atoms with Gasteiger partial charge in [-0.15, -0.1) is 12.6 Å². The summed E-state index contributed by atoms with van der Waals surface area (Å²) >= 11 is 4.28. The Bertz CT molecular complexity index is 595. The van der Waals surface area contributed by atoms with E-state index in [1.54, 1.807) is 7.05 Å². The highest BCUT2D eigenvalue weighted by molar-refractivity contribution is 7.80. The summed E-state index contributed by atoms with van der Waals surface area (Å²) < 4.78 is 6.94. The van der Waals surface area contributed by atoms with Gasteiger partial charge in [-0.25, -0.2) is 9.55 Å². The molecule has 1 atom stereocenters. The summed E-state index contributed by atoms with van der Waals surface area (Å²) in [5.74, 6) is 0.924. The van der Waals surface area contributed by atoms with Crippen LogP contribution in [-0.2, 0) is 7.05 Å². The van der Waals surface area contributed by atoms with Gasteiger partial charge < -0.3 is 14.9 Å². The first-order chi connectivity index (χ1) is 8.99. The van der Waals surface area contributed by atoms with E-state index >= 15 is 0 Å². The van der Waals surface area contributed by atoms with Crippen LogP contribution in [0.4, 0.5) is 5.82 Å². The van der Waals surface area contributed by atoms with Gasteiger partial charge in [0.25, 0.3) is 0 Å². The van der Waals surface area contributed by atoms with Crippen LogP contribution in [0.2, 0.25) is 0 Å². The molecule has 0 aliphatic carbocycles. The van der Waals surface area contributed by atoms with Gasteiger partial charge in [0.2, 0.25) is 11.3 Å². The lowest BCUT2D eigenvalue weighted by Gasteiger charge is -2.11. The fourth-order valence-corrected chi connectivity index (χ4v) is 1.97. The summed E-state index contributed by atoms with van der Waals surface area (Å²) in [7, 11) is 1.56. The van der Waals surface area contributed by atoms with Crippen molar-refractivity contribution in [2.24, 2.45) is 7.05 Å². The third-order valence-electron chi connectivity index (χ3n) is 2.68. The largest absolute Gasteiger partial charge is 0.470 e. The number of thiol groups is 1. The van der Waals surface area contributed by atoms with Gasteiger partial charge in [-0.3, -0.25) is 0 Å². The molecule has 0 amide bonds. The number of hydrogen-bond acceptors (Lipinski definition) is 5. The second-order valence-electron chi connectivity index (χ2n) is 4.07. The molecule has 0 saturated carbocycles. The highest BCUT2D eigenvalue weighted by Gasteiger charge is 2.23. The molecule has 1 heterocycles. The van der Waals surface area contributed by atoms with Crippen molar-refractivity contribution in [1.82, 2.24) is 9.55 Å². The molecule has 2 aromatic rings. The standard InChI is InChI=1S/C12H13N3O3S/c1-8-3-5-9(6-4-8)18-12(19)11-13-7-10(14(11)2)15(16)17/h3-7,12,19H,1-2H3. The minimum Gasteiger partial charge on any atom is -0.470 e. The highest BCUT2D eigenvalue weighted by Crippen LogP contribution is 2.26. The Labute approximate surface area is 115 Å². The van der Waals surface area contributed by atoms with Crippen LogP contribution in [0, 0.1) is 17.0 Å². The third-order valence-corrected chi connectivity index (χ3v) is 3.01. The van der Waals surface area contributed by atoms with Gasteiger partial charge in [0.15, 0.2) is 0 Å². The molecule has 0 fully saturated rings. The van der Waals surface area contributed by atoms with Crippen molar-refractivity contribution in [2.75, 3.05) is 0 Å². The van der Waals surface area contributed by atoms with Gasteiger partial charge in [0, 0.05) is 0 Å². The summed E-state index contributed by atoms with van der Waals surface area (Å²) in [6.07, 6.45) is 1.19. The van der Waals surface area contributed by atoms with Crippen LogP contribution in [0.15, 0.2) is 30.5 Å². The molecule has 1 aromatic carbocycles. The molecule has 0 N–H and O–H groups in total. The Balaban J connectivity index is 2.18. The van der Waals surface area contributed by atoms with E-state index in [4.69, 9.17) is 4.74 Å². The minimum absolute atomic E-state index is 0.0958. The van der Waals surface area contributed by atoms with Crippen LogP contribution >= 0.6 is 12.6 Å². The molecule has 7 heteroatoms. The summed E-state index contributed by atoms with van der Waals surface area (Å²) in [5.41, 5.74) is 0.456. The average molecular weight is 279 g/mol. The Morgan fingerprint density at radius 2 is 2.05 bits per heavy atom. The van der Waals surface area contributed by atoms with Crippen molar-refractivity contribution in [3.8, 4) is 5.75 Å². The number of ether oxygens (including phenoxy) is 1. The summed E-state index contributed by atoms with van der Waals surface area (Å²) in [4.78, 5) is 14.2. The van der Waals surface area contributed by atoms with Gasteiger partial charge in [-0.2, -0.15) is 0 Å². The Hall–Kier alpha value is -2.02. The van der Waals surface area contributed by atoms with Gasteiger partial charge >= 0.3 is 5.82 Å². The van der Waals surface area contributed by atoms with Crippen molar-refractivity contribution < 1.29 is 9.66 Å². The van der Waals surface area contributed by atoms with Crippen LogP contribution in [0.25, 0.3) is 0 Å². The molecule has 2 rings (SSSR count). The zero-order valence-corrected chi connectivity index (χ0v) is 11.4. The maximum Gasteiger partial charge on any atom is 0.342 e. The molecular formula is C12H13N3O3S. The molecule has 0 aliphatic heterocycles. The van der Waals surface area contributed by atoms with E-state index in [1.807, 2.05) is 31.2 Å². The Morgan fingerprint density at radius 1 is 1.42 bits per heavy atom. The molecule has 0 aliphatic rings. The minimum atomic E-state index is -0.665. The number of nitrogens with zero attached hydrogens (tertiary/aromatic N) is 3. The first kappa shape index (κ1) is 13.4. The zero-order chi connectivity index (χ0) is 14.0. The number of rotatable bonds is 4. The smallest absolute Gasteiger partial charge is 0.342 e. The second-order valence-corrected chi connectivity index (χ2v) is 4.54. The monoisotopic (exact) mass is 279 g/mol. The predicted octanol–water partition coefficient (Wildman–Crippen LogP) is 2.64. The summed E-state index contributed by atoms with van der Waals surface area (Å²) in [6.45, 7) is 1.98. The number of aromatic nitrogens is 2. The van der Waals surface area contributed by atoms with Gasteiger partial charge in [-0.1, -0.05) is 17.7 Å². The number of imidazole rings is 1. The van der Waals surface area contributed by atoms with Crippen LogP contribution in [0.1, 0.15) is 16.8 Å². The van der Waals surface area contributed by atoms with Crippen molar-refractivity contribution >= 4 is 18.4 Å². The third kappa shape index (κ3) is 2.87. The fraction of sp³-hybridized carbons (Fsp3) is 0.250. The van der Waals surface area contributed by atoms with E-state index in [0.29, 0.717) is 11.6 Å². The lowest BCUT2D eigenvalue weighted by Crippen LogP contribution is -2.09. The summed E-state index contributed by atoms with van der Waals surface area (Å²) in [6, 6.07) is 7.46. The average Bonchev–Trinajstić information content (AvgIpc) is 2.74. The lowest BCUT2D eigenvalue weighted by atomic mass is 10.2. The number of aryl methyl sites for hydroxylation is 1. The van der Waals surface area contributed by atoms with Crippen molar-refractivity contribution in [3.05, 3.63) is 52.0 Å². The first-order valence-corrected chi connectivity index (χ1v) is 6.08. The molecule has 100 valence electrons. The normalized spacial score (nSPS) is 12.2. The molecule has 1 aromatic heterocycles. The SMILES string of the molecule is Cc1ccc(OC(S)c2ncc([N+](=O)[O-])n2C)cc1. The molecule has 0 spiro atoms. The number of nitro groups is 1. The van der Waals surface area contributed by atoms with E-state index < -0.39 is 10.4 Å². The van der Waals surface area contributed by atoms with E-state index in [-0.39, 0.29) is 5.82 Å². The molecule has 19 heavy (non-hydrogen) atoms. The second kappa shape index (κ2) is 5.31. The van der Waals surface area contributed by atoms with Crippen molar-refractivity contribution in [3.63, 3.8) is 0 Å². The highest BCUT2D eigenvalue weighted by atomic mass is 32.1. The Morgan fingerprint density at radius 3 is 2.58 bits per heavy atom. The Kier molecular flexibility index (Phi) is 3.75. The molecule has 6 nitrogen and oxygen atoms in total. The van der Waals surface area contributed by atoms with E-state index in [1.165, 1.54) is 10.8 Å². The lowest BCUT2D eigenvalue weighted by molar-refractivity contribution is -0.391. The van der Waals surface area contributed by atoms with E-state index in [2.05, 4.69) is 17.6 Å². The van der Waals surface area contributed by atoms with Gasteiger partial charge in [0.1, 0.15) is 11.9 Å². The van der Waals surface area contributed by atoms with Crippen molar-refractivity contribution in [2.45, 2.75) is 12.4 Å². The van der Waals surface area contributed by atoms with Crippen LogP contribution < -0.4 is 4.74 Å². The molecule has 0 saturated heterocycles. The van der Waals surface area contributed by atoms with E-state index in [9.17, 15) is 10.1 Å². The van der Waals surface area contributed by atoms with Crippen LogP contribution in [0.3, 0.4) is 0 Å². The van der Waals surface area contributed by atoms with Gasteiger partial charge in [-0.05, 0) is 24.0 Å². The van der Waals surface area contributed by atoms with E-state index in [0.717, 1.165) is 5.56 Å². The van der Waals surface area contributed by atoms with Gasteiger partial charge in [0.05, 0.1) is 7.05 Å². The van der Waals surface area contributed by atoms with Crippen LogP contribution in [0.5, 0.6) is 5.75 Å². The predicted molar refractivity (Wildman–Crippen MR) is 73.4 cm³/mol. The molecular weight excluding hydrogens is 266 g/mol. The molecule has 0 bridgehead atoms. The fourth-order valence-electron chi connectivity index (χ4n) is 1.61.